The standard InChI is InChI=1S/C32H31F2N7O3/c1-19-17-40(28-9-8-23(34)12-25(19)28)24-10-20(14-36-15-24)18-41-29(21-6-5-7-22(11-21)31(43)39(3)4)37-16-27(32(41)44)38-30(42)26(13-33)35-2/h5-12,14-17,26,35H,13,18H2,1-4H3,(H,38,42)/t26-/m0/s1. The van der Waals surface area contributed by atoms with Gasteiger partial charge in [0.15, 0.2) is 0 Å². The van der Waals surface area contributed by atoms with Crippen molar-refractivity contribution in [2.45, 2.75) is 19.5 Å². The van der Waals surface area contributed by atoms with Crippen molar-refractivity contribution < 1.29 is 18.4 Å². The Morgan fingerprint density at radius 3 is 2.59 bits per heavy atom. The maximum absolute atomic E-state index is 13.9. The molecule has 0 saturated heterocycles. The minimum atomic E-state index is -1.15. The highest BCUT2D eigenvalue weighted by atomic mass is 19.1. The molecule has 5 rings (SSSR count). The van der Waals surface area contributed by atoms with Gasteiger partial charge in [0.25, 0.3) is 11.5 Å². The molecule has 3 aromatic heterocycles. The van der Waals surface area contributed by atoms with Gasteiger partial charge in [0.2, 0.25) is 5.91 Å². The average Bonchev–Trinajstić information content (AvgIpc) is 3.34. The first-order chi connectivity index (χ1) is 21.1. The van der Waals surface area contributed by atoms with E-state index in [9.17, 15) is 23.2 Å². The highest BCUT2D eigenvalue weighted by Crippen LogP contribution is 2.26. The third-order valence-corrected chi connectivity index (χ3v) is 7.26. The molecule has 0 aliphatic carbocycles. The molecule has 2 N–H and O–H groups in total. The van der Waals surface area contributed by atoms with Gasteiger partial charge in [-0.25, -0.2) is 13.8 Å². The minimum absolute atomic E-state index is 0.00293. The van der Waals surface area contributed by atoms with Crippen molar-refractivity contribution in [3.05, 3.63) is 106 Å². The van der Waals surface area contributed by atoms with Crippen LogP contribution >= 0.6 is 0 Å². The second-order valence-corrected chi connectivity index (χ2v) is 10.5. The van der Waals surface area contributed by atoms with E-state index in [1.54, 1.807) is 56.8 Å². The number of pyridine rings is 1. The van der Waals surface area contributed by atoms with Crippen LogP contribution in [-0.4, -0.2) is 69.7 Å². The zero-order valence-corrected chi connectivity index (χ0v) is 24.6. The maximum atomic E-state index is 13.9. The summed E-state index contributed by atoms with van der Waals surface area (Å²) >= 11 is 0. The summed E-state index contributed by atoms with van der Waals surface area (Å²) in [6.07, 6.45) is 6.38. The second-order valence-electron chi connectivity index (χ2n) is 10.5. The van der Waals surface area contributed by atoms with Gasteiger partial charge in [-0.05, 0) is 61.5 Å². The maximum Gasteiger partial charge on any atom is 0.277 e. The third kappa shape index (κ3) is 5.97. The number of fused-ring (bicyclic) bond motifs is 1. The molecule has 12 heteroatoms. The molecule has 2 amide bonds. The summed E-state index contributed by atoms with van der Waals surface area (Å²) in [6, 6.07) is 12.0. The molecule has 3 heterocycles. The van der Waals surface area contributed by atoms with Gasteiger partial charge >= 0.3 is 0 Å². The summed E-state index contributed by atoms with van der Waals surface area (Å²) in [6.45, 7) is 0.930. The van der Waals surface area contributed by atoms with E-state index in [1.807, 2.05) is 23.8 Å². The molecule has 44 heavy (non-hydrogen) atoms. The predicted molar refractivity (Wildman–Crippen MR) is 164 cm³/mol. The van der Waals surface area contributed by atoms with Crippen LogP contribution in [0.25, 0.3) is 28.0 Å². The molecule has 0 aliphatic rings. The molecule has 0 unspecified atom stereocenters. The second kappa shape index (κ2) is 12.6. The predicted octanol–water partition coefficient (Wildman–Crippen LogP) is 3.94. The van der Waals surface area contributed by atoms with Crippen LogP contribution in [0, 0.1) is 12.7 Å². The Hall–Kier alpha value is -5.23. The molecular weight excluding hydrogens is 568 g/mol. The average molecular weight is 600 g/mol. The molecular formula is C32H31F2N7O3. The Morgan fingerprint density at radius 1 is 1.07 bits per heavy atom. The Balaban J connectivity index is 1.60. The number of alkyl halides is 1. The zero-order chi connectivity index (χ0) is 31.5. The number of aromatic nitrogens is 4. The number of aryl methyl sites for hydroxylation is 1. The summed E-state index contributed by atoms with van der Waals surface area (Å²) < 4.78 is 30.5. The monoisotopic (exact) mass is 599 g/mol. The van der Waals surface area contributed by atoms with Crippen molar-refractivity contribution in [3.8, 4) is 17.1 Å². The van der Waals surface area contributed by atoms with Crippen LogP contribution in [0.4, 0.5) is 14.5 Å². The summed E-state index contributed by atoms with van der Waals surface area (Å²) in [5.41, 5.74) is 3.20. The molecule has 0 fully saturated rings. The smallest absolute Gasteiger partial charge is 0.277 e. The largest absolute Gasteiger partial charge is 0.345 e. The lowest BCUT2D eigenvalue weighted by Crippen LogP contribution is -2.41. The third-order valence-electron chi connectivity index (χ3n) is 7.26. The summed E-state index contributed by atoms with van der Waals surface area (Å²) in [5.74, 6) is -1.03. The Morgan fingerprint density at radius 2 is 1.86 bits per heavy atom. The number of likely N-dealkylation sites (N-methyl/N-ethyl adjacent to an activating group) is 1. The van der Waals surface area contributed by atoms with Gasteiger partial charge in [0.05, 0.1) is 30.1 Å². The number of halogens is 2. The zero-order valence-electron chi connectivity index (χ0n) is 24.6. The van der Waals surface area contributed by atoms with Gasteiger partial charge < -0.3 is 20.1 Å². The van der Waals surface area contributed by atoms with Crippen LogP contribution in [0.2, 0.25) is 0 Å². The number of amides is 2. The molecule has 1 atom stereocenters. The fourth-order valence-corrected chi connectivity index (χ4v) is 4.96. The molecule has 2 aromatic carbocycles. The van der Waals surface area contributed by atoms with Crippen molar-refractivity contribution in [2.24, 2.45) is 0 Å². The van der Waals surface area contributed by atoms with E-state index in [4.69, 9.17) is 0 Å². The van der Waals surface area contributed by atoms with Crippen molar-refractivity contribution >= 4 is 28.4 Å². The number of rotatable bonds is 9. The number of carbonyl (C=O) groups is 2. The first-order valence-electron chi connectivity index (χ1n) is 13.8. The van der Waals surface area contributed by atoms with E-state index in [0.29, 0.717) is 22.4 Å². The van der Waals surface area contributed by atoms with Crippen LogP contribution in [0.1, 0.15) is 21.5 Å². The molecule has 0 saturated carbocycles. The van der Waals surface area contributed by atoms with Gasteiger partial charge in [-0.1, -0.05) is 12.1 Å². The molecule has 0 radical (unpaired) electrons. The molecule has 10 nitrogen and oxygen atoms in total. The molecule has 226 valence electrons. The number of carbonyl (C=O) groups excluding carboxylic acids is 2. The molecule has 5 aromatic rings. The number of hydrogen-bond donors (Lipinski definition) is 2. The minimum Gasteiger partial charge on any atom is -0.345 e. The van der Waals surface area contributed by atoms with E-state index in [-0.39, 0.29) is 29.8 Å². The highest BCUT2D eigenvalue weighted by molar-refractivity contribution is 5.95. The van der Waals surface area contributed by atoms with Crippen LogP contribution in [0.5, 0.6) is 0 Å². The lowest BCUT2D eigenvalue weighted by molar-refractivity contribution is -0.118. The Labute approximate surface area is 252 Å². The van der Waals surface area contributed by atoms with Crippen molar-refractivity contribution in [2.75, 3.05) is 33.1 Å². The summed E-state index contributed by atoms with van der Waals surface area (Å²) in [7, 11) is 4.72. The summed E-state index contributed by atoms with van der Waals surface area (Å²) in [5, 5.41) is 5.81. The SMILES string of the molecule is CN[C@@H](CF)C(=O)Nc1cnc(-c2cccc(C(=O)N(C)C)c2)n(Cc2cncc(-n3cc(C)c4cc(F)ccc43)c2)c1=O. The van der Waals surface area contributed by atoms with E-state index in [1.165, 1.54) is 34.8 Å². The number of nitrogens with one attached hydrogen (secondary N) is 2. The van der Waals surface area contributed by atoms with Gasteiger partial charge in [-0.15, -0.1) is 0 Å². The van der Waals surface area contributed by atoms with E-state index in [0.717, 1.165) is 16.5 Å². The Bertz CT molecular complexity index is 1930. The number of nitrogens with zero attached hydrogens (tertiary/aromatic N) is 5. The van der Waals surface area contributed by atoms with Crippen LogP contribution in [-0.2, 0) is 11.3 Å². The fourth-order valence-electron chi connectivity index (χ4n) is 4.96. The summed E-state index contributed by atoms with van der Waals surface area (Å²) in [4.78, 5) is 49.5. The topological polar surface area (TPSA) is 114 Å². The lowest BCUT2D eigenvalue weighted by Gasteiger charge is -2.17. The number of benzene rings is 2. The first kappa shape index (κ1) is 30.2. The normalized spacial score (nSPS) is 11.9. The first-order valence-corrected chi connectivity index (χ1v) is 13.8. The van der Waals surface area contributed by atoms with Gasteiger partial charge in [-0.2, -0.15) is 0 Å². The molecule has 0 bridgehead atoms. The number of anilines is 1. The lowest BCUT2D eigenvalue weighted by atomic mass is 10.1. The number of hydrogen-bond acceptors (Lipinski definition) is 6. The Kier molecular flexibility index (Phi) is 8.63. The fraction of sp³-hybridized carbons (Fsp3) is 0.219. The quantitative estimate of drug-likeness (QED) is 0.265. The van der Waals surface area contributed by atoms with Crippen molar-refractivity contribution in [3.63, 3.8) is 0 Å². The molecule has 0 spiro atoms. The highest BCUT2D eigenvalue weighted by Gasteiger charge is 2.21. The van der Waals surface area contributed by atoms with Gasteiger partial charge in [0, 0.05) is 43.0 Å². The van der Waals surface area contributed by atoms with Crippen LogP contribution in [0.3, 0.4) is 0 Å². The van der Waals surface area contributed by atoms with E-state index < -0.39 is 24.2 Å². The van der Waals surface area contributed by atoms with Gasteiger partial charge in [0.1, 0.15) is 30.0 Å². The van der Waals surface area contributed by atoms with Crippen molar-refractivity contribution in [1.82, 2.24) is 29.3 Å². The molecule has 0 aliphatic heterocycles. The van der Waals surface area contributed by atoms with Crippen LogP contribution < -0.4 is 16.2 Å². The van der Waals surface area contributed by atoms with Crippen LogP contribution in [0.15, 0.2) is 78.1 Å². The van der Waals surface area contributed by atoms with Crippen molar-refractivity contribution in [1.29, 1.82) is 0 Å². The van der Waals surface area contributed by atoms with Gasteiger partial charge in [-0.3, -0.25) is 23.9 Å². The van der Waals surface area contributed by atoms with E-state index >= 15 is 0 Å². The van der Waals surface area contributed by atoms with E-state index in [2.05, 4.69) is 20.6 Å².